The predicted octanol–water partition coefficient (Wildman–Crippen LogP) is 0.850. The van der Waals surface area contributed by atoms with E-state index in [1.165, 1.54) is 17.9 Å². The molecule has 0 saturated carbocycles. The van der Waals surface area contributed by atoms with Crippen molar-refractivity contribution >= 4 is 21.9 Å². The van der Waals surface area contributed by atoms with Gasteiger partial charge in [-0.3, -0.25) is 0 Å². The second kappa shape index (κ2) is 3.54. The molecule has 0 aromatic carbocycles. The highest BCUT2D eigenvalue weighted by Crippen LogP contribution is 2.17. The summed E-state index contributed by atoms with van der Waals surface area (Å²) in [4.78, 5) is 11.3. The van der Waals surface area contributed by atoms with E-state index in [4.69, 9.17) is 5.73 Å². The van der Waals surface area contributed by atoms with Crippen molar-refractivity contribution in [3.05, 3.63) is 22.6 Å². The van der Waals surface area contributed by atoms with E-state index in [0.717, 1.165) is 0 Å². The van der Waals surface area contributed by atoms with E-state index in [2.05, 4.69) is 36.0 Å². The fourth-order valence-electron chi connectivity index (χ4n) is 1.04. The van der Waals surface area contributed by atoms with Crippen LogP contribution in [0.1, 0.15) is 5.69 Å². The van der Waals surface area contributed by atoms with E-state index in [0.29, 0.717) is 0 Å². The normalized spacial score (nSPS) is 10.6. The summed E-state index contributed by atoms with van der Waals surface area (Å²) in [5, 5.41) is 3.79. The Balaban J connectivity index is 2.64. The lowest BCUT2D eigenvalue weighted by molar-refractivity contribution is 0.579. The van der Waals surface area contributed by atoms with Gasteiger partial charge in [0.15, 0.2) is 11.6 Å². The lowest BCUT2D eigenvalue weighted by Crippen LogP contribution is -2.06. The molecule has 15 heavy (non-hydrogen) atoms. The van der Waals surface area contributed by atoms with Crippen molar-refractivity contribution in [2.45, 2.75) is 6.92 Å². The van der Waals surface area contributed by atoms with Gasteiger partial charge in [0.1, 0.15) is 6.33 Å². The molecule has 0 fully saturated rings. The van der Waals surface area contributed by atoms with Crippen molar-refractivity contribution in [3.63, 3.8) is 0 Å². The number of rotatable bonds is 1. The maximum absolute atomic E-state index is 13.6. The monoisotopic (exact) mass is 272 g/mol. The summed E-state index contributed by atoms with van der Waals surface area (Å²) in [7, 11) is 0. The minimum absolute atomic E-state index is 0.0126. The van der Waals surface area contributed by atoms with Gasteiger partial charge in [0.2, 0.25) is 10.7 Å². The van der Waals surface area contributed by atoms with Crippen LogP contribution in [-0.4, -0.2) is 24.7 Å². The lowest BCUT2D eigenvalue weighted by atomic mass is 10.4. The van der Waals surface area contributed by atoms with E-state index in [-0.39, 0.29) is 22.2 Å². The minimum Gasteiger partial charge on any atom is -0.366 e. The number of nitrogens with two attached hydrogens (primary N) is 1. The van der Waals surface area contributed by atoms with Gasteiger partial charge in [0.05, 0.1) is 5.69 Å². The number of aromatic nitrogens is 5. The molecule has 0 radical (unpaired) electrons. The summed E-state index contributed by atoms with van der Waals surface area (Å²) in [6.45, 7) is 1.54. The molecule has 0 bridgehead atoms. The van der Waals surface area contributed by atoms with Crippen LogP contribution in [0.3, 0.4) is 0 Å². The predicted molar refractivity (Wildman–Crippen MR) is 53.8 cm³/mol. The molecule has 0 spiro atoms. The van der Waals surface area contributed by atoms with Gasteiger partial charge in [-0.15, -0.1) is 5.10 Å². The zero-order valence-electron chi connectivity index (χ0n) is 7.65. The van der Waals surface area contributed by atoms with E-state index in [1.54, 1.807) is 0 Å². The van der Waals surface area contributed by atoms with Crippen LogP contribution in [-0.2, 0) is 0 Å². The molecule has 2 aromatic heterocycles. The lowest BCUT2D eigenvalue weighted by Gasteiger charge is -2.02. The highest BCUT2D eigenvalue weighted by molar-refractivity contribution is 9.10. The molecule has 0 saturated heterocycles. The quantitative estimate of drug-likeness (QED) is 0.832. The first-order chi connectivity index (χ1) is 7.09. The van der Waals surface area contributed by atoms with Crippen LogP contribution >= 0.6 is 15.9 Å². The molecule has 2 N–H and O–H groups in total. The molecule has 2 rings (SSSR count). The fourth-order valence-corrected chi connectivity index (χ4v) is 1.46. The van der Waals surface area contributed by atoms with Gasteiger partial charge in [-0.2, -0.15) is 9.67 Å². The molecule has 6 nitrogen and oxygen atoms in total. The smallest absolute Gasteiger partial charge is 0.241 e. The maximum Gasteiger partial charge on any atom is 0.241 e. The Morgan fingerprint density at radius 2 is 2.20 bits per heavy atom. The van der Waals surface area contributed by atoms with Gasteiger partial charge >= 0.3 is 0 Å². The zero-order chi connectivity index (χ0) is 11.0. The Morgan fingerprint density at radius 1 is 1.47 bits per heavy atom. The van der Waals surface area contributed by atoms with E-state index in [1.807, 2.05) is 0 Å². The molecule has 8 heteroatoms. The first kappa shape index (κ1) is 9.97. The van der Waals surface area contributed by atoms with Crippen molar-refractivity contribution in [2.75, 3.05) is 5.73 Å². The van der Waals surface area contributed by atoms with Crippen LogP contribution in [0.2, 0.25) is 0 Å². The Hall–Kier alpha value is -1.57. The fraction of sp³-hybridized carbons (Fsp3) is 0.143. The largest absolute Gasteiger partial charge is 0.366 e. The second-order valence-corrected chi connectivity index (χ2v) is 3.46. The van der Waals surface area contributed by atoms with Gasteiger partial charge in [-0.05, 0) is 22.9 Å². The van der Waals surface area contributed by atoms with Crippen molar-refractivity contribution in [2.24, 2.45) is 0 Å². The molecule has 0 aliphatic rings. The number of nitrogens with zero attached hydrogens (tertiary/aromatic N) is 5. The summed E-state index contributed by atoms with van der Waals surface area (Å²) in [6, 6.07) is 0. The van der Waals surface area contributed by atoms with Crippen molar-refractivity contribution in [3.8, 4) is 5.82 Å². The van der Waals surface area contributed by atoms with Crippen molar-refractivity contribution in [1.29, 1.82) is 0 Å². The van der Waals surface area contributed by atoms with Crippen LogP contribution in [0, 0.1) is 12.7 Å². The highest BCUT2D eigenvalue weighted by atomic mass is 79.9. The zero-order valence-corrected chi connectivity index (χ0v) is 9.23. The number of hydrogen-bond acceptors (Lipinski definition) is 5. The van der Waals surface area contributed by atoms with Crippen LogP contribution in [0.5, 0.6) is 0 Å². The highest BCUT2D eigenvalue weighted by Gasteiger charge is 2.14. The topological polar surface area (TPSA) is 82.5 Å². The first-order valence-electron chi connectivity index (χ1n) is 3.95. The second-order valence-electron chi connectivity index (χ2n) is 2.75. The Labute approximate surface area is 92.5 Å². The molecule has 2 aromatic rings. The van der Waals surface area contributed by atoms with E-state index >= 15 is 0 Å². The first-order valence-corrected chi connectivity index (χ1v) is 4.74. The molecule has 78 valence electrons. The van der Waals surface area contributed by atoms with Crippen LogP contribution in [0.25, 0.3) is 5.82 Å². The molecule has 0 aliphatic carbocycles. The standard InChI is InChI=1S/C7H6BrFN6/c1-3-4(9)5(12-2-11-3)15-6(8)13-7(10)14-15/h2H,1H3,(H2,10,14). The molecule has 0 amide bonds. The number of nitrogen functional groups attached to an aromatic ring is 1. The maximum atomic E-state index is 13.6. The van der Waals surface area contributed by atoms with E-state index in [9.17, 15) is 4.39 Å². The Morgan fingerprint density at radius 3 is 2.80 bits per heavy atom. The summed E-state index contributed by atoms with van der Waals surface area (Å²) >= 11 is 3.09. The van der Waals surface area contributed by atoms with Crippen LogP contribution in [0.4, 0.5) is 10.3 Å². The summed E-state index contributed by atoms with van der Waals surface area (Å²) in [5.74, 6) is -0.501. The number of hydrogen-bond donors (Lipinski definition) is 1. The molecule has 0 unspecified atom stereocenters. The van der Waals surface area contributed by atoms with Crippen molar-refractivity contribution < 1.29 is 4.39 Å². The SMILES string of the molecule is Cc1ncnc(-n2nc(N)nc2Br)c1F. The van der Waals surface area contributed by atoms with Gasteiger partial charge in [0.25, 0.3) is 0 Å². The third-order valence-corrected chi connectivity index (χ3v) is 2.24. The van der Waals surface area contributed by atoms with E-state index < -0.39 is 5.82 Å². The summed E-state index contributed by atoms with van der Waals surface area (Å²) in [5.41, 5.74) is 5.60. The third-order valence-electron chi connectivity index (χ3n) is 1.73. The number of halogens is 2. The van der Waals surface area contributed by atoms with Gasteiger partial charge in [-0.25, -0.2) is 14.4 Å². The van der Waals surface area contributed by atoms with Crippen molar-refractivity contribution in [1.82, 2.24) is 24.7 Å². The summed E-state index contributed by atoms with van der Waals surface area (Å²) < 4.78 is 15.1. The molecular formula is C7H6BrFN6. The minimum atomic E-state index is -0.553. The Bertz CT molecular complexity index is 510. The van der Waals surface area contributed by atoms with Crippen LogP contribution < -0.4 is 5.73 Å². The average Bonchev–Trinajstić information content (AvgIpc) is 2.50. The Kier molecular flexibility index (Phi) is 2.35. The molecular weight excluding hydrogens is 267 g/mol. The van der Waals surface area contributed by atoms with Gasteiger partial charge < -0.3 is 5.73 Å². The van der Waals surface area contributed by atoms with Crippen LogP contribution in [0.15, 0.2) is 11.1 Å². The molecule has 2 heterocycles. The van der Waals surface area contributed by atoms with Gasteiger partial charge in [0, 0.05) is 0 Å². The number of anilines is 1. The average molecular weight is 273 g/mol. The molecule has 0 aliphatic heterocycles. The van der Waals surface area contributed by atoms with Gasteiger partial charge in [-0.1, -0.05) is 0 Å². The third kappa shape index (κ3) is 1.67. The molecule has 0 atom stereocenters. The summed E-state index contributed by atoms with van der Waals surface area (Å²) in [6.07, 6.45) is 1.25. The number of aryl methyl sites for hydroxylation is 1.